The van der Waals surface area contributed by atoms with Crippen molar-refractivity contribution in [3.8, 4) is 11.5 Å². The summed E-state index contributed by atoms with van der Waals surface area (Å²) in [4.78, 5) is 23.8. The molecule has 0 unspecified atom stereocenters. The standard InChI is InChI=1S/C32H31F3N4O4/c1-41-29-20-27-26(19-30(29)43-16-2-13-39-14-17-42-18-15-39)31(37-21-36-27)38-25-10-6-23(7-11-25)28(40)12-5-22-3-8-24(9-4-22)32(33,34)35/h3-12,19-21H,2,13-18H2,1H3,(H,36,37,38)/b12-5+. The summed E-state index contributed by atoms with van der Waals surface area (Å²) in [5.74, 6) is 1.46. The summed E-state index contributed by atoms with van der Waals surface area (Å²) in [6, 6.07) is 15.1. The van der Waals surface area contributed by atoms with E-state index in [1.165, 1.54) is 30.6 Å². The highest BCUT2D eigenvalue weighted by Gasteiger charge is 2.29. The lowest BCUT2D eigenvalue weighted by Gasteiger charge is -2.26. The molecule has 1 aliphatic rings. The van der Waals surface area contributed by atoms with Gasteiger partial charge in [0.2, 0.25) is 0 Å². The molecule has 1 N–H and O–H groups in total. The zero-order chi connectivity index (χ0) is 30.2. The van der Waals surface area contributed by atoms with Crippen molar-refractivity contribution in [1.82, 2.24) is 14.9 Å². The molecular weight excluding hydrogens is 561 g/mol. The van der Waals surface area contributed by atoms with E-state index >= 15 is 0 Å². The van der Waals surface area contributed by atoms with Crippen LogP contribution in [0.15, 0.2) is 73.1 Å². The molecule has 8 nitrogen and oxygen atoms in total. The Kier molecular flexibility index (Phi) is 9.53. The number of ether oxygens (including phenoxy) is 3. The second-order valence-corrected chi connectivity index (χ2v) is 9.92. The van der Waals surface area contributed by atoms with E-state index in [-0.39, 0.29) is 5.78 Å². The quantitative estimate of drug-likeness (QED) is 0.122. The maximum Gasteiger partial charge on any atom is 0.416 e. The fourth-order valence-corrected chi connectivity index (χ4v) is 4.64. The van der Waals surface area contributed by atoms with Crippen LogP contribution < -0.4 is 14.8 Å². The van der Waals surface area contributed by atoms with E-state index in [2.05, 4.69) is 20.2 Å². The summed E-state index contributed by atoms with van der Waals surface area (Å²) < 4.78 is 55.3. The molecule has 1 aromatic heterocycles. The number of fused-ring (bicyclic) bond motifs is 1. The number of nitrogens with zero attached hydrogens (tertiary/aromatic N) is 3. The number of allylic oxidation sites excluding steroid dienone is 1. The molecule has 4 aromatic rings. The Labute approximate surface area is 247 Å². The first-order valence-corrected chi connectivity index (χ1v) is 13.8. The molecule has 0 spiro atoms. The lowest BCUT2D eigenvalue weighted by molar-refractivity contribution is -0.137. The van der Waals surface area contributed by atoms with Gasteiger partial charge in [0.05, 0.1) is 38.0 Å². The molecule has 0 radical (unpaired) electrons. The van der Waals surface area contributed by atoms with Crippen molar-refractivity contribution < 1.29 is 32.2 Å². The number of morpholine rings is 1. The first-order chi connectivity index (χ1) is 20.8. The second kappa shape index (κ2) is 13.7. The van der Waals surface area contributed by atoms with Gasteiger partial charge in [0, 0.05) is 42.3 Å². The number of hydrogen-bond donors (Lipinski definition) is 1. The monoisotopic (exact) mass is 592 g/mol. The summed E-state index contributed by atoms with van der Waals surface area (Å²) in [5, 5.41) is 4.02. The van der Waals surface area contributed by atoms with Gasteiger partial charge in [-0.25, -0.2) is 9.97 Å². The molecule has 0 saturated carbocycles. The average molecular weight is 593 g/mol. The van der Waals surface area contributed by atoms with Crippen molar-refractivity contribution >= 4 is 34.3 Å². The molecule has 3 aromatic carbocycles. The van der Waals surface area contributed by atoms with Crippen LogP contribution in [0, 0.1) is 0 Å². The molecule has 0 amide bonds. The van der Waals surface area contributed by atoms with Crippen LogP contribution >= 0.6 is 0 Å². The summed E-state index contributed by atoms with van der Waals surface area (Å²) in [6.45, 7) is 4.84. The molecule has 0 bridgehead atoms. The van der Waals surface area contributed by atoms with Gasteiger partial charge in [0.25, 0.3) is 0 Å². The highest BCUT2D eigenvalue weighted by Crippen LogP contribution is 2.35. The molecule has 43 heavy (non-hydrogen) atoms. The lowest BCUT2D eigenvalue weighted by atomic mass is 10.1. The zero-order valence-electron chi connectivity index (χ0n) is 23.6. The average Bonchev–Trinajstić information content (AvgIpc) is 3.02. The van der Waals surface area contributed by atoms with Crippen LogP contribution in [-0.2, 0) is 10.9 Å². The van der Waals surface area contributed by atoms with Gasteiger partial charge in [-0.1, -0.05) is 18.2 Å². The SMILES string of the molecule is COc1cc2ncnc(Nc3ccc(C(=O)/C=C/c4ccc(C(F)(F)F)cc4)cc3)c2cc1OCCCN1CCOCC1. The van der Waals surface area contributed by atoms with Crippen molar-refractivity contribution in [2.75, 3.05) is 51.9 Å². The van der Waals surface area contributed by atoms with Gasteiger partial charge in [-0.15, -0.1) is 0 Å². The van der Waals surface area contributed by atoms with Crippen LogP contribution in [0.2, 0.25) is 0 Å². The van der Waals surface area contributed by atoms with E-state index in [1.807, 2.05) is 12.1 Å². The summed E-state index contributed by atoms with van der Waals surface area (Å²) in [7, 11) is 1.59. The first-order valence-electron chi connectivity index (χ1n) is 13.8. The minimum absolute atomic E-state index is 0.276. The van der Waals surface area contributed by atoms with Crippen molar-refractivity contribution in [1.29, 1.82) is 0 Å². The van der Waals surface area contributed by atoms with E-state index < -0.39 is 11.7 Å². The number of ketones is 1. The maximum atomic E-state index is 12.8. The number of hydrogen-bond acceptors (Lipinski definition) is 8. The number of benzene rings is 3. The minimum Gasteiger partial charge on any atom is -0.493 e. The topological polar surface area (TPSA) is 85.8 Å². The number of methoxy groups -OCH3 is 1. The molecule has 5 rings (SSSR count). The normalized spacial score (nSPS) is 14.2. The molecule has 2 heterocycles. The van der Waals surface area contributed by atoms with Crippen molar-refractivity contribution in [2.24, 2.45) is 0 Å². The van der Waals surface area contributed by atoms with E-state index in [0.717, 1.165) is 56.8 Å². The van der Waals surface area contributed by atoms with Gasteiger partial charge in [0.15, 0.2) is 17.3 Å². The predicted molar refractivity (Wildman–Crippen MR) is 158 cm³/mol. The molecule has 1 saturated heterocycles. The fraction of sp³-hybridized carbons (Fsp3) is 0.281. The number of rotatable bonds is 11. The predicted octanol–water partition coefficient (Wildman–Crippen LogP) is 6.40. The smallest absolute Gasteiger partial charge is 0.416 e. The largest absolute Gasteiger partial charge is 0.493 e. The van der Waals surface area contributed by atoms with Gasteiger partial charge in [-0.05, 0) is 60.5 Å². The lowest BCUT2D eigenvalue weighted by Crippen LogP contribution is -2.37. The maximum absolute atomic E-state index is 12.8. The van der Waals surface area contributed by atoms with Gasteiger partial charge in [0.1, 0.15) is 12.1 Å². The fourth-order valence-electron chi connectivity index (χ4n) is 4.64. The second-order valence-electron chi connectivity index (χ2n) is 9.92. The molecule has 0 atom stereocenters. The highest BCUT2D eigenvalue weighted by atomic mass is 19.4. The summed E-state index contributed by atoms with van der Waals surface area (Å²) in [6.07, 6.45) is 0.730. The van der Waals surface area contributed by atoms with E-state index in [1.54, 1.807) is 31.4 Å². The number of halogens is 3. The van der Waals surface area contributed by atoms with Crippen LogP contribution in [0.1, 0.15) is 27.9 Å². The summed E-state index contributed by atoms with van der Waals surface area (Å²) in [5.41, 5.74) is 1.56. The summed E-state index contributed by atoms with van der Waals surface area (Å²) >= 11 is 0. The molecule has 1 aliphatic heterocycles. The number of anilines is 2. The molecule has 1 fully saturated rings. The van der Waals surface area contributed by atoms with E-state index in [9.17, 15) is 18.0 Å². The van der Waals surface area contributed by atoms with Crippen LogP contribution in [-0.4, -0.2) is 67.2 Å². The Morgan fingerprint density at radius 3 is 2.47 bits per heavy atom. The number of nitrogens with one attached hydrogen (secondary N) is 1. The number of carbonyl (C=O) groups excluding carboxylic acids is 1. The molecular formula is C32H31F3N4O4. The van der Waals surface area contributed by atoms with Gasteiger partial charge in [-0.3, -0.25) is 9.69 Å². The van der Waals surface area contributed by atoms with Gasteiger partial charge < -0.3 is 19.5 Å². The van der Waals surface area contributed by atoms with Crippen LogP contribution in [0.3, 0.4) is 0 Å². The molecule has 224 valence electrons. The molecule has 0 aliphatic carbocycles. The molecule has 11 heteroatoms. The Bertz CT molecular complexity index is 1570. The van der Waals surface area contributed by atoms with E-state index in [4.69, 9.17) is 14.2 Å². The Morgan fingerprint density at radius 1 is 1.02 bits per heavy atom. The van der Waals surface area contributed by atoms with Crippen molar-refractivity contribution in [3.63, 3.8) is 0 Å². The third-order valence-electron chi connectivity index (χ3n) is 7.00. The number of aromatic nitrogens is 2. The Balaban J connectivity index is 1.24. The van der Waals surface area contributed by atoms with Crippen LogP contribution in [0.25, 0.3) is 17.0 Å². The first kappa shape index (κ1) is 30.0. The Morgan fingerprint density at radius 2 is 1.77 bits per heavy atom. The van der Waals surface area contributed by atoms with Crippen molar-refractivity contribution in [3.05, 3.63) is 89.8 Å². The van der Waals surface area contributed by atoms with Crippen LogP contribution in [0.4, 0.5) is 24.7 Å². The Hall–Kier alpha value is -4.48. The third-order valence-corrected chi connectivity index (χ3v) is 7.00. The van der Waals surface area contributed by atoms with Gasteiger partial charge >= 0.3 is 6.18 Å². The zero-order valence-corrected chi connectivity index (χ0v) is 23.6. The van der Waals surface area contributed by atoms with E-state index in [0.29, 0.717) is 46.3 Å². The number of alkyl halides is 3. The third kappa shape index (κ3) is 7.88. The van der Waals surface area contributed by atoms with Gasteiger partial charge in [-0.2, -0.15) is 13.2 Å². The minimum atomic E-state index is -4.40. The van der Waals surface area contributed by atoms with Crippen LogP contribution in [0.5, 0.6) is 11.5 Å². The van der Waals surface area contributed by atoms with Crippen molar-refractivity contribution in [2.45, 2.75) is 12.6 Å². The number of carbonyl (C=O) groups is 1. The highest BCUT2D eigenvalue weighted by molar-refractivity contribution is 6.07.